The van der Waals surface area contributed by atoms with Crippen LogP contribution in [0.2, 0.25) is 4.71 Å². The second-order valence-electron chi connectivity index (χ2n) is 2.11. The van der Waals surface area contributed by atoms with Crippen LogP contribution in [-0.4, -0.2) is 38.0 Å². The molecule has 0 saturated carbocycles. The van der Waals surface area contributed by atoms with E-state index in [-0.39, 0.29) is 0 Å². The summed E-state index contributed by atoms with van der Waals surface area (Å²) in [5.41, 5.74) is 0. The molecule has 0 aromatic carbocycles. The van der Waals surface area contributed by atoms with Crippen LogP contribution in [0.5, 0.6) is 0 Å². The molecule has 0 amide bonds. The van der Waals surface area contributed by atoms with Crippen LogP contribution in [-0.2, 0) is 0 Å². The van der Waals surface area contributed by atoms with E-state index in [0.29, 0.717) is 30.6 Å². The molecule has 1 aliphatic heterocycles. The molecule has 0 N–H and O–H groups in total. The van der Waals surface area contributed by atoms with E-state index in [1.807, 2.05) is 3.09 Å². The predicted octanol–water partition coefficient (Wildman–Crippen LogP) is 0.559. The first-order chi connectivity index (χ1) is 3.70. The van der Waals surface area contributed by atoms with Gasteiger partial charge in [0.15, 0.2) is 0 Å². The van der Waals surface area contributed by atoms with Crippen LogP contribution in [0.4, 0.5) is 0 Å². The van der Waals surface area contributed by atoms with Gasteiger partial charge in [0.25, 0.3) is 0 Å². The normalized spacial score (nSPS) is 31.6. The zero-order valence-corrected chi connectivity index (χ0v) is 9.22. The van der Waals surface area contributed by atoms with Gasteiger partial charge in [0.2, 0.25) is 0 Å². The van der Waals surface area contributed by atoms with Crippen LogP contribution in [0.3, 0.4) is 0 Å². The van der Waals surface area contributed by atoms with Gasteiger partial charge in [-0.3, -0.25) is 0 Å². The summed E-state index contributed by atoms with van der Waals surface area (Å²) >= 11 is 1.21. The molecule has 1 rings (SSSR count). The molecule has 8 heavy (non-hydrogen) atoms. The molecule has 0 aliphatic carbocycles. The molecule has 44 valence electrons. The van der Waals surface area contributed by atoms with Gasteiger partial charge in [-0.05, 0) is 0 Å². The van der Waals surface area contributed by atoms with Crippen molar-refractivity contribution in [3.63, 3.8) is 0 Å². The fraction of sp³-hybridized carbons (Fsp3) is 0.667. The van der Waals surface area contributed by atoms with Gasteiger partial charge < -0.3 is 0 Å². The Morgan fingerprint density at radius 3 is 2.12 bits per heavy atom. The van der Waals surface area contributed by atoms with E-state index in [9.17, 15) is 0 Å². The Hall–Kier alpha value is 0.857. The molecule has 1 aliphatic rings. The molecule has 0 spiro atoms. The zero-order valence-electron chi connectivity index (χ0n) is 5.47. The molecular formula is C6H10As2. The summed E-state index contributed by atoms with van der Waals surface area (Å²) in [5, 5.41) is 0. The average Bonchev–Trinajstić information content (AvgIpc) is 1.85. The van der Waals surface area contributed by atoms with Crippen LogP contribution >= 0.6 is 0 Å². The van der Waals surface area contributed by atoms with Gasteiger partial charge in [-0.25, -0.2) is 0 Å². The zero-order chi connectivity index (χ0) is 6.15. The fourth-order valence-corrected chi connectivity index (χ4v) is 9.40. The Morgan fingerprint density at radius 1 is 1.38 bits per heavy atom. The molecular weight excluding hydrogens is 222 g/mol. The van der Waals surface area contributed by atoms with E-state index in [1.165, 1.54) is 0 Å². The molecule has 0 fully saturated rings. The van der Waals surface area contributed by atoms with Crippen LogP contribution in [0, 0.1) is 0 Å². The van der Waals surface area contributed by atoms with Gasteiger partial charge >= 0.3 is 63.5 Å². The number of hydrogen-bond acceptors (Lipinski definition) is 0. The second-order valence-corrected chi connectivity index (χ2v) is 10.7. The third-order valence-corrected chi connectivity index (χ3v) is 9.27. The summed E-state index contributed by atoms with van der Waals surface area (Å²) in [6.07, 6.45) is 0. The molecule has 2 heteroatoms. The summed E-state index contributed by atoms with van der Waals surface area (Å²) in [6, 6.07) is 0. The van der Waals surface area contributed by atoms with Gasteiger partial charge in [0, 0.05) is 0 Å². The molecule has 0 radical (unpaired) electrons. The Bertz CT molecular complexity index is 156. The number of hydrogen-bond donors (Lipinski definition) is 0. The van der Waals surface area contributed by atoms with Crippen molar-refractivity contribution in [3.05, 3.63) is 0 Å². The van der Waals surface area contributed by atoms with Crippen LogP contribution < -0.4 is 0 Å². The van der Waals surface area contributed by atoms with Crippen molar-refractivity contribution in [2.24, 2.45) is 0 Å². The molecule has 0 aromatic heterocycles. The average molecular weight is 232 g/mol. The summed E-state index contributed by atoms with van der Waals surface area (Å²) in [6.45, 7) is 7.05. The summed E-state index contributed by atoms with van der Waals surface area (Å²) in [5.74, 6) is 0. The quantitative estimate of drug-likeness (QED) is 0.535. The van der Waals surface area contributed by atoms with Gasteiger partial charge in [-0.15, -0.1) is 0 Å². The SMILES string of the molecule is CC1=[As]C(C)C(C)=[As]1. The van der Waals surface area contributed by atoms with Gasteiger partial charge in [-0.2, -0.15) is 0 Å². The minimum atomic E-state index is 0.582. The summed E-state index contributed by atoms with van der Waals surface area (Å²) < 4.78 is 4.66. The molecule has 0 nitrogen and oxygen atoms in total. The Morgan fingerprint density at radius 2 is 2.00 bits per heavy atom. The molecule has 0 aromatic rings. The van der Waals surface area contributed by atoms with E-state index in [1.54, 1.807) is 4.30 Å². The first kappa shape index (κ1) is 6.97. The maximum absolute atomic E-state index is 2.38. The van der Waals surface area contributed by atoms with Crippen molar-refractivity contribution in [2.45, 2.75) is 25.5 Å². The van der Waals surface area contributed by atoms with Crippen molar-refractivity contribution in [3.8, 4) is 0 Å². The third kappa shape index (κ3) is 1.42. The predicted molar refractivity (Wildman–Crippen MR) is 42.3 cm³/mol. The van der Waals surface area contributed by atoms with E-state index >= 15 is 0 Å². The number of rotatable bonds is 0. The van der Waals surface area contributed by atoms with Crippen LogP contribution in [0.1, 0.15) is 20.8 Å². The van der Waals surface area contributed by atoms with E-state index in [0.717, 1.165) is 4.71 Å². The van der Waals surface area contributed by atoms with E-state index in [4.69, 9.17) is 0 Å². The Kier molecular flexibility index (Phi) is 2.29. The topological polar surface area (TPSA) is 0 Å². The molecule has 0 saturated heterocycles. The first-order valence-corrected chi connectivity index (χ1v) is 6.69. The summed E-state index contributed by atoms with van der Waals surface area (Å²) in [7, 11) is 0. The van der Waals surface area contributed by atoms with Crippen LogP contribution in [0.25, 0.3) is 0 Å². The molecule has 1 atom stereocenters. The van der Waals surface area contributed by atoms with Crippen molar-refractivity contribution < 1.29 is 0 Å². The van der Waals surface area contributed by atoms with Crippen LogP contribution in [0.15, 0.2) is 0 Å². The minimum absolute atomic E-state index is 0.582. The Balaban J connectivity index is 2.78. The van der Waals surface area contributed by atoms with Gasteiger partial charge in [0.05, 0.1) is 0 Å². The monoisotopic (exact) mass is 232 g/mol. The van der Waals surface area contributed by atoms with E-state index in [2.05, 4.69) is 20.8 Å². The van der Waals surface area contributed by atoms with Gasteiger partial charge in [0.1, 0.15) is 0 Å². The molecule has 1 heterocycles. The van der Waals surface area contributed by atoms with E-state index < -0.39 is 0 Å². The van der Waals surface area contributed by atoms with Crippen molar-refractivity contribution in [2.75, 3.05) is 0 Å². The molecule has 0 bridgehead atoms. The first-order valence-electron chi connectivity index (χ1n) is 2.80. The van der Waals surface area contributed by atoms with Gasteiger partial charge in [-0.1, -0.05) is 0 Å². The summed E-state index contributed by atoms with van der Waals surface area (Å²) in [4.78, 5) is 0. The third-order valence-electron chi connectivity index (χ3n) is 1.32. The standard InChI is InChI=1S/C6H10As2/c1-4-5(2)8-6(3)7-4/h4H,1-3H3. The van der Waals surface area contributed by atoms with Crippen molar-refractivity contribution in [1.29, 1.82) is 0 Å². The van der Waals surface area contributed by atoms with Crippen molar-refractivity contribution >= 4 is 38.0 Å². The molecule has 1 unspecified atom stereocenters. The fourth-order valence-electron chi connectivity index (χ4n) is 0.751. The van der Waals surface area contributed by atoms with Crippen molar-refractivity contribution in [1.82, 2.24) is 0 Å². The Labute approximate surface area is 63.5 Å². The second kappa shape index (κ2) is 2.63. The maximum atomic E-state index is 2.38.